The minimum absolute atomic E-state index is 0.217. The smallest absolute Gasteiger partial charge is 0.215 e. The lowest BCUT2D eigenvalue weighted by atomic mass is 10.2. The lowest BCUT2D eigenvalue weighted by Crippen LogP contribution is -2.34. The normalized spacial score (nSPS) is 16.7. The maximum Gasteiger partial charge on any atom is 0.240 e. The molecule has 0 radical (unpaired) electrons. The lowest BCUT2D eigenvalue weighted by Gasteiger charge is -2.12. The first kappa shape index (κ1) is 18.4. The average molecular weight is 361 g/mol. The highest BCUT2D eigenvalue weighted by Gasteiger charge is 2.27. The fourth-order valence-corrected chi connectivity index (χ4v) is 5.38. The maximum absolute atomic E-state index is 12.1. The minimum Gasteiger partial charge on any atom is -0.215 e. The van der Waals surface area contributed by atoms with Gasteiger partial charge >= 0.3 is 0 Å². The number of benzene rings is 1. The molecule has 0 spiro atoms. The van der Waals surface area contributed by atoms with Crippen LogP contribution in [0.5, 0.6) is 0 Å². The van der Waals surface area contributed by atoms with E-state index in [9.17, 15) is 16.8 Å². The molecule has 0 aromatic heterocycles. The van der Waals surface area contributed by atoms with Gasteiger partial charge in [-0.1, -0.05) is 31.9 Å². The molecule has 1 saturated carbocycles. The Morgan fingerprint density at radius 1 is 1.00 bits per heavy atom. The Bertz CT molecular complexity index is 706. The van der Waals surface area contributed by atoms with Crippen LogP contribution in [-0.4, -0.2) is 35.2 Å². The third kappa shape index (κ3) is 5.00. The SMILES string of the molecule is CCNS(=O)(=O)c1ccc(CCNS(=O)(=O)C2CCCC2)cc1. The molecular weight excluding hydrogens is 336 g/mol. The lowest BCUT2D eigenvalue weighted by molar-refractivity contribution is 0.564. The van der Waals surface area contributed by atoms with Crippen molar-refractivity contribution < 1.29 is 16.8 Å². The summed E-state index contributed by atoms with van der Waals surface area (Å²) in [4.78, 5) is 0.217. The van der Waals surface area contributed by atoms with Crippen LogP contribution in [0.25, 0.3) is 0 Å². The van der Waals surface area contributed by atoms with Crippen LogP contribution in [0.1, 0.15) is 38.2 Å². The van der Waals surface area contributed by atoms with Crippen molar-refractivity contribution in [3.63, 3.8) is 0 Å². The standard InChI is InChI=1S/C15H24N2O4S2/c1-2-16-22(18,19)15-9-7-13(8-10-15)11-12-17-23(20,21)14-5-3-4-6-14/h7-10,14,16-17H,2-6,11-12H2,1H3. The second-order valence-corrected chi connectivity index (χ2v) is 9.55. The van der Waals surface area contributed by atoms with Crippen molar-refractivity contribution in [1.29, 1.82) is 0 Å². The first-order chi connectivity index (χ1) is 10.8. The molecular formula is C15H24N2O4S2. The third-order valence-electron chi connectivity index (χ3n) is 4.03. The van der Waals surface area contributed by atoms with E-state index in [2.05, 4.69) is 9.44 Å². The van der Waals surface area contributed by atoms with Gasteiger partial charge in [0.25, 0.3) is 0 Å². The van der Waals surface area contributed by atoms with Gasteiger partial charge < -0.3 is 0 Å². The summed E-state index contributed by atoms with van der Waals surface area (Å²) >= 11 is 0. The van der Waals surface area contributed by atoms with Crippen molar-refractivity contribution >= 4 is 20.0 Å². The molecule has 0 saturated heterocycles. The van der Waals surface area contributed by atoms with Gasteiger partial charge in [-0.05, 0) is 37.0 Å². The highest BCUT2D eigenvalue weighted by atomic mass is 32.2. The molecule has 0 aliphatic heterocycles. The average Bonchev–Trinajstić information content (AvgIpc) is 3.03. The highest BCUT2D eigenvalue weighted by Crippen LogP contribution is 2.23. The van der Waals surface area contributed by atoms with Gasteiger partial charge in [-0.25, -0.2) is 26.3 Å². The molecule has 2 rings (SSSR count). The van der Waals surface area contributed by atoms with Gasteiger partial charge in [-0.2, -0.15) is 0 Å². The number of sulfonamides is 2. The molecule has 0 unspecified atom stereocenters. The Kier molecular flexibility index (Phi) is 6.19. The molecule has 0 atom stereocenters. The topological polar surface area (TPSA) is 92.3 Å². The predicted molar refractivity (Wildman–Crippen MR) is 90.2 cm³/mol. The zero-order valence-electron chi connectivity index (χ0n) is 13.3. The van der Waals surface area contributed by atoms with Gasteiger partial charge in [-0.3, -0.25) is 0 Å². The van der Waals surface area contributed by atoms with E-state index in [0.717, 1.165) is 31.2 Å². The largest absolute Gasteiger partial charge is 0.240 e. The Labute approximate surface area is 138 Å². The molecule has 1 fully saturated rings. The summed E-state index contributed by atoms with van der Waals surface area (Å²) in [7, 11) is -6.67. The van der Waals surface area contributed by atoms with Crippen LogP contribution in [-0.2, 0) is 26.5 Å². The number of rotatable bonds is 8. The molecule has 0 amide bonds. The van der Waals surface area contributed by atoms with Crippen molar-refractivity contribution in [2.45, 2.75) is 49.2 Å². The van der Waals surface area contributed by atoms with E-state index in [1.807, 2.05) is 0 Å². The van der Waals surface area contributed by atoms with E-state index < -0.39 is 20.0 Å². The highest BCUT2D eigenvalue weighted by molar-refractivity contribution is 7.90. The molecule has 2 N–H and O–H groups in total. The van der Waals surface area contributed by atoms with Crippen molar-refractivity contribution in [2.24, 2.45) is 0 Å². The van der Waals surface area contributed by atoms with Crippen molar-refractivity contribution in [3.05, 3.63) is 29.8 Å². The number of hydrogen-bond donors (Lipinski definition) is 2. The Balaban J connectivity index is 1.89. The first-order valence-electron chi connectivity index (χ1n) is 7.92. The van der Waals surface area contributed by atoms with E-state index in [-0.39, 0.29) is 10.1 Å². The van der Waals surface area contributed by atoms with E-state index in [4.69, 9.17) is 0 Å². The summed E-state index contributed by atoms with van der Waals surface area (Å²) in [5.41, 5.74) is 0.898. The van der Waals surface area contributed by atoms with Crippen LogP contribution in [0, 0.1) is 0 Å². The van der Waals surface area contributed by atoms with Gasteiger partial charge in [-0.15, -0.1) is 0 Å². The van der Waals surface area contributed by atoms with Gasteiger partial charge in [0.05, 0.1) is 10.1 Å². The van der Waals surface area contributed by atoms with Crippen molar-refractivity contribution in [3.8, 4) is 0 Å². The van der Waals surface area contributed by atoms with Gasteiger partial charge in [0.2, 0.25) is 20.0 Å². The number of nitrogens with one attached hydrogen (secondary N) is 2. The van der Waals surface area contributed by atoms with Gasteiger partial charge in [0.15, 0.2) is 0 Å². The first-order valence-corrected chi connectivity index (χ1v) is 10.9. The fraction of sp³-hybridized carbons (Fsp3) is 0.600. The fourth-order valence-electron chi connectivity index (χ4n) is 2.76. The monoisotopic (exact) mass is 360 g/mol. The minimum atomic E-state index is -3.44. The summed E-state index contributed by atoms with van der Waals surface area (Å²) in [6, 6.07) is 6.51. The quantitative estimate of drug-likeness (QED) is 0.733. The van der Waals surface area contributed by atoms with E-state index in [1.165, 1.54) is 0 Å². The van der Waals surface area contributed by atoms with E-state index in [1.54, 1.807) is 31.2 Å². The van der Waals surface area contributed by atoms with E-state index in [0.29, 0.717) is 19.5 Å². The molecule has 1 aromatic rings. The Morgan fingerprint density at radius 2 is 1.61 bits per heavy atom. The van der Waals surface area contributed by atoms with Crippen LogP contribution in [0.2, 0.25) is 0 Å². The van der Waals surface area contributed by atoms with Crippen LogP contribution < -0.4 is 9.44 Å². The predicted octanol–water partition coefficient (Wildman–Crippen LogP) is 1.39. The van der Waals surface area contributed by atoms with Crippen LogP contribution in [0.3, 0.4) is 0 Å². The zero-order chi connectivity index (χ0) is 16.9. The van der Waals surface area contributed by atoms with Gasteiger partial charge in [0, 0.05) is 13.1 Å². The molecule has 0 heterocycles. The zero-order valence-corrected chi connectivity index (χ0v) is 14.9. The van der Waals surface area contributed by atoms with E-state index >= 15 is 0 Å². The van der Waals surface area contributed by atoms with Crippen LogP contribution >= 0.6 is 0 Å². The molecule has 23 heavy (non-hydrogen) atoms. The second-order valence-electron chi connectivity index (χ2n) is 5.74. The Hall–Kier alpha value is -0.960. The molecule has 0 bridgehead atoms. The van der Waals surface area contributed by atoms with Gasteiger partial charge in [0.1, 0.15) is 0 Å². The third-order valence-corrected chi connectivity index (χ3v) is 7.54. The van der Waals surface area contributed by atoms with Crippen LogP contribution in [0.4, 0.5) is 0 Å². The maximum atomic E-state index is 12.1. The van der Waals surface area contributed by atoms with Crippen LogP contribution in [0.15, 0.2) is 29.2 Å². The second kappa shape index (κ2) is 7.74. The molecule has 1 aliphatic carbocycles. The molecule has 8 heteroatoms. The molecule has 130 valence electrons. The summed E-state index contributed by atoms with van der Waals surface area (Å²) in [5.74, 6) is 0. The number of hydrogen-bond acceptors (Lipinski definition) is 4. The summed E-state index contributed by atoms with van der Waals surface area (Å²) in [6.07, 6.45) is 3.98. The van der Waals surface area contributed by atoms with Crippen molar-refractivity contribution in [2.75, 3.05) is 13.1 Å². The van der Waals surface area contributed by atoms with Crippen molar-refractivity contribution in [1.82, 2.24) is 9.44 Å². The molecule has 1 aromatic carbocycles. The molecule has 6 nitrogen and oxygen atoms in total. The molecule has 1 aliphatic rings. The summed E-state index contributed by atoms with van der Waals surface area (Å²) < 4.78 is 52.9. The summed E-state index contributed by atoms with van der Waals surface area (Å²) in [5, 5.41) is -0.255. The summed E-state index contributed by atoms with van der Waals surface area (Å²) in [6.45, 7) is 2.40. The Morgan fingerprint density at radius 3 is 2.17 bits per heavy atom.